The van der Waals surface area contributed by atoms with Crippen molar-refractivity contribution in [3.63, 3.8) is 0 Å². The molecule has 1 saturated carbocycles. The van der Waals surface area contributed by atoms with Gasteiger partial charge >= 0.3 is 5.97 Å². The molecule has 23 heavy (non-hydrogen) atoms. The van der Waals surface area contributed by atoms with E-state index in [1.54, 1.807) is 0 Å². The molecule has 0 aliphatic heterocycles. The van der Waals surface area contributed by atoms with Crippen molar-refractivity contribution < 1.29 is 14.7 Å². The van der Waals surface area contributed by atoms with Gasteiger partial charge in [-0.2, -0.15) is 0 Å². The van der Waals surface area contributed by atoms with Gasteiger partial charge in [-0.25, -0.2) is 0 Å². The number of hydrogen-bond donors (Lipinski definition) is 3. The number of carbonyl (C=O) groups is 2. The second-order valence-corrected chi connectivity index (χ2v) is 6.30. The number of para-hydroxylation sites is 1. The lowest BCUT2D eigenvalue weighted by molar-refractivity contribution is -0.141. The Morgan fingerprint density at radius 3 is 2.83 bits per heavy atom. The van der Waals surface area contributed by atoms with E-state index in [1.807, 2.05) is 18.3 Å². The molecule has 1 aromatic heterocycles. The number of fused-ring (bicyclic) bond motifs is 1. The monoisotopic (exact) mass is 314 g/mol. The third-order valence-electron chi connectivity index (χ3n) is 4.77. The van der Waals surface area contributed by atoms with Gasteiger partial charge in [0, 0.05) is 23.1 Å². The van der Waals surface area contributed by atoms with Crippen molar-refractivity contribution in [2.45, 2.75) is 45.1 Å². The molecule has 0 radical (unpaired) electrons. The van der Waals surface area contributed by atoms with E-state index < -0.39 is 5.97 Å². The molecule has 5 nitrogen and oxygen atoms in total. The fourth-order valence-corrected chi connectivity index (χ4v) is 3.50. The molecule has 3 N–H and O–H groups in total. The van der Waals surface area contributed by atoms with Crippen LogP contribution in [0.2, 0.25) is 0 Å². The SMILES string of the molecule is CCc1cccc2c(CC(=O)N[C@H]3CC[C@@H](C(=O)O)C3)c[nH]c12. The van der Waals surface area contributed by atoms with E-state index in [0.717, 1.165) is 29.3 Å². The molecule has 1 fully saturated rings. The summed E-state index contributed by atoms with van der Waals surface area (Å²) in [6, 6.07) is 6.13. The topological polar surface area (TPSA) is 82.2 Å². The van der Waals surface area contributed by atoms with E-state index in [2.05, 4.69) is 23.3 Å². The minimum atomic E-state index is -0.759. The zero-order valence-electron chi connectivity index (χ0n) is 13.3. The minimum absolute atomic E-state index is 0.0139. The van der Waals surface area contributed by atoms with E-state index in [9.17, 15) is 9.59 Å². The summed E-state index contributed by atoms with van der Waals surface area (Å²) in [4.78, 5) is 26.5. The first-order valence-corrected chi connectivity index (χ1v) is 8.18. The number of nitrogens with one attached hydrogen (secondary N) is 2. The van der Waals surface area contributed by atoms with Gasteiger partial charge in [0.25, 0.3) is 0 Å². The number of benzene rings is 1. The molecule has 5 heteroatoms. The van der Waals surface area contributed by atoms with Crippen LogP contribution < -0.4 is 5.32 Å². The molecule has 0 saturated heterocycles. The molecule has 1 aliphatic rings. The van der Waals surface area contributed by atoms with Crippen LogP contribution in [0, 0.1) is 5.92 Å². The largest absolute Gasteiger partial charge is 0.481 e. The van der Waals surface area contributed by atoms with Gasteiger partial charge in [-0.05, 0) is 36.8 Å². The van der Waals surface area contributed by atoms with E-state index in [1.165, 1.54) is 5.56 Å². The van der Waals surface area contributed by atoms with Gasteiger partial charge in [-0.15, -0.1) is 0 Å². The molecule has 1 aliphatic carbocycles. The van der Waals surface area contributed by atoms with Gasteiger partial charge in [0.05, 0.1) is 12.3 Å². The molecule has 2 atom stereocenters. The van der Waals surface area contributed by atoms with Gasteiger partial charge in [0.2, 0.25) is 5.91 Å². The van der Waals surface area contributed by atoms with Crippen molar-refractivity contribution in [3.05, 3.63) is 35.5 Å². The van der Waals surface area contributed by atoms with Crippen LogP contribution in [0.25, 0.3) is 10.9 Å². The summed E-state index contributed by atoms with van der Waals surface area (Å²) >= 11 is 0. The summed E-state index contributed by atoms with van der Waals surface area (Å²) in [7, 11) is 0. The van der Waals surface area contributed by atoms with Gasteiger partial charge in [-0.3, -0.25) is 9.59 Å². The Balaban J connectivity index is 1.66. The molecular weight excluding hydrogens is 292 g/mol. The number of H-pyrrole nitrogens is 1. The van der Waals surface area contributed by atoms with Gasteiger partial charge in [0.1, 0.15) is 0 Å². The lowest BCUT2D eigenvalue weighted by Gasteiger charge is -2.12. The summed E-state index contributed by atoms with van der Waals surface area (Å²) in [5.41, 5.74) is 3.33. The zero-order valence-corrected chi connectivity index (χ0v) is 13.3. The maximum Gasteiger partial charge on any atom is 0.306 e. The van der Waals surface area contributed by atoms with Crippen LogP contribution in [0.4, 0.5) is 0 Å². The Labute approximate surface area is 135 Å². The van der Waals surface area contributed by atoms with Crippen LogP contribution in [0.1, 0.15) is 37.3 Å². The smallest absolute Gasteiger partial charge is 0.306 e. The Bertz CT molecular complexity index is 735. The average molecular weight is 314 g/mol. The maximum atomic E-state index is 12.3. The third kappa shape index (κ3) is 3.23. The number of aliphatic carboxylic acids is 1. The van der Waals surface area contributed by atoms with Crippen LogP contribution in [-0.2, 0) is 22.4 Å². The maximum absolute atomic E-state index is 12.3. The summed E-state index contributed by atoms with van der Waals surface area (Å²) in [5, 5.41) is 13.1. The highest BCUT2D eigenvalue weighted by Crippen LogP contribution is 2.26. The van der Waals surface area contributed by atoms with Crippen LogP contribution in [0.5, 0.6) is 0 Å². The summed E-state index contributed by atoms with van der Waals surface area (Å²) in [5.74, 6) is -1.12. The number of carboxylic acid groups (broad SMARTS) is 1. The van der Waals surface area contributed by atoms with E-state index in [-0.39, 0.29) is 17.9 Å². The van der Waals surface area contributed by atoms with Crippen molar-refractivity contribution in [3.8, 4) is 0 Å². The molecule has 2 aromatic rings. The molecule has 3 rings (SSSR count). The first kappa shape index (κ1) is 15.6. The second-order valence-electron chi connectivity index (χ2n) is 6.30. The van der Waals surface area contributed by atoms with Gasteiger partial charge in [-0.1, -0.05) is 25.1 Å². The zero-order chi connectivity index (χ0) is 16.4. The van der Waals surface area contributed by atoms with Crippen molar-refractivity contribution in [2.75, 3.05) is 0 Å². The fourth-order valence-electron chi connectivity index (χ4n) is 3.50. The normalized spacial score (nSPS) is 20.7. The van der Waals surface area contributed by atoms with Crippen molar-refractivity contribution in [2.24, 2.45) is 5.92 Å². The number of rotatable bonds is 5. The molecule has 122 valence electrons. The summed E-state index contributed by atoms with van der Waals surface area (Å²) in [6.45, 7) is 2.11. The quantitative estimate of drug-likeness (QED) is 0.793. The third-order valence-corrected chi connectivity index (χ3v) is 4.77. The number of amides is 1. The first-order valence-electron chi connectivity index (χ1n) is 8.18. The molecule has 0 unspecified atom stereocenters. The number of carboxylic acids is 1. The van der Waals surface area contributed by atoms with Crippen LogP contribution >= 0.6 is 0 Å². The molecular formula is C18H22N2O3. The Morgan fingerprint density at radius 1 is 1.30 bits per heavy atom. The van der Waals surface area contributed by atoms with Gasteiger partial charge in [0.15, 0.2) is 0 Å². The molecule has 0 bridgehead atoms. The number of aryl methyl sites for hydroxylation is 1. The van der Waals surface area contributed by atoms with E-state index >= 15 is 0 Å². The highest BCUT2D eigenvalue weighted by molar-refractivity contribution is 5.90. The molecule has 1 aromatic carbocycles. The highest BCUT2D eigenvalue weighted by atomic mass is 16.4. The van der Waals surface area contributed by atoms with Crippen LogP contribution in [-0.4, -0.2) is 28.0 Å². The van der Waals surface area contributed by atoms with Crippen LogP contribution in [0.15, 0.2) is 24.4 Å². The Kier molecular flexibility index (Phi) is 4.37. The Morgan fingerprint density at radius 2 is 2.13 bits per heavy atom. The fraction of sp³-hybridized carbons (Fsp3) is 0.444. The summed E-state index contributed by atoms with van der Waals surface area (Å²) < 4.78 is 0. The van der Waals surface area contributed by atoms with E-state index in [0.29, 0.717) is 19.3 Å². The minimum Gasteiger partial charge on any atom is -0.481 e. The van der Waals surface area contributed by atoms with Crippen LogP contribution in [0.3, 0.4) is 0 Å². The molecule has 1 amide bonds. The number of aromatic amines is 1. The predicted octanol–water partition coefficient (Wildman–Crippen LogP) is 2.64. The van der Waals surface area contributed by atoms with Gasteiger partial charge < -0.3 is 15.4 Å². The van der Waals surface area contributed by atoms with E-state index in [4.69, 9.17) is 5.11 Å². The number of aromatic nitrogens is 1. The molecule has 0 spiro atoms. The Hall–Kier alpha value is -2.30. The highest BCUT2D eigenvalue weighted by Gasteiger charge is 2.30. The van der Waals surface area contributed by atoms with Crippen molar-refractivity contribution in [1.82, 2.24) is 10.3 Å². The average Bonchev–Trinajstić information content (AvgIpc) is 3.14. The molecule has 1 heterocycles. The number of carbonyl (C=O) groups excluding carboxylic acids is 1. The lowest BCUT2D eigenvalue weighted by Crippen LogP contribution is -2.34. The lowest BCUT2D eigenvalue weighted by atomic mass is 10.1. The predicted molar refractivity (Wildman–Crippen MR) is 88.3 cm³/mol. The van der Waals surface area contributed by atoms with Crippen molar-refractivity contribution in [1.29, 1.82) is 0 Å². The first-order chi connectivity index (χ1) is 11.1. The van der Waals surface area contributed by atoms with Crippen molar-refractivity contribution >= 4 is 22.8 Å². The second kappa shape index (κ2) is 6.44. The summed E-state index contributed by atoms with van der Waals surface area (Å²) in [6.07, 6.45) is 5.10. The number of hydrogen-bond acceptors (Lipinski definition) is 2. The standard InChI is InChI=1S/C18H22N2O3/c1-2-11-4-3-5-15-13(10-19-17(11)15)9-16(21)20-14-7-6-12(8-14)18(22)23/h3-5,10,12,14,19H,2,6-9H2,1H3,(H,20,21)(H,22,23)/t12-,14+/m1/s1.